The molecular formula is C12H9ClFNO3. The number of halogens is 2. The zero-order valence-corrected chi connectivity index (χ0v) is 10.1. The summed E-state index contributed by atoms with van der Waals surface area (Å²) >= 11 is 6.14. The van der Waals surface area contributed by atoms with Gasteiger partial charge in [0.2, 0.25) is 0 Å². The maximum Gasteiger partial charge on any atom is 0.433 e. The molecule has 1 atom stereocenters. The quantitative estimate of drug-likeness (QED) is 0.481. The molecule has 94 valence electrons. The van der Waals surface area contributed by atoms with Gasteiger partial charge in [-0.1, -0.05) is 12.1 Å². The first-order valence-corrected chi connectivity index (χ1v) is 5.57. The fourth-order valence-corrected chi connectivity index (χ4v) is 1.82. The van der Waals surface area contributed by atoms with Gasteiger partial charge in [0.05, 0.1) is 6.07 Å². The molecule has 0 spiro atoms. The van der Waals surface area contributed by atoms with Gasteiger partial charge in [-0.2, -0.15) is 0 Å². The minimum atomic E-state index is -0.682. The van der Waals surface area contributed by atoms with Gasteiger partial charge >= 0.3 is 5.88 Å². The summed E-state index contributed by atoms with van der Waals surface area (Å²) < 4.78 is 18.1. The second kappa shape index (κ2) is 4.78. The van der Waals surface area contributed by atoms with Crippen LogP contribution in [0.4, 0.5) is 10.3 Å². The molecule has 0 bridgehead atoms. The molecule has 2 rings (SSSR count). The lowest BCUT2D eigenvalue weighted by molar-refractivity contribution is -0.402. The van der Waals surface area contributed by atoms with Gasteiger partial charge in [-0.15, -0.1) is 11.6 Å². The first kappa shape index (κ1) is 12.6. The van der Waals surface area contributed by atoms with Gasteiger partial charge in [0.25, 0.3) is 0 Å². The van der Waals surface area contributed by atoms with Crippen molar-refractivity contribution in [3.63, 3.8) is 0 Å². The SMILES string of the molecule is Cc1cc(C(Cl)c2ccc([N+](=O)[O-])o2)ccc1F. The van der Waals surface area contributed by atoms with E-state index in [4.69, 9.17) is 16.0 Å². The van der Waals surface area contributed by atoms with E-state index in [-0.39, 0.29) is 17.5 Å². The summed E-state index contributed by atoms with van der Waals surface area (Å²) in [6.07, 6.45) is 0. The maximum absolute atomic E-state index is 13.1. The number of hydrogen-bond donors (Lipinski definition) is 0. The number of alkyl halides is 1. The highest BCUT2D eigenvalue weighted by Crippen LogP contribution is 2.32. The molecule has 0 saturated heterocycles. The van der Waals surface area contributed by atoms with Crippen molar-refractivity contribution in [2.24, 2.45) is 0 Å². The van der Waals surface area contributed by atoms with Crippen molar-refractivity contribution in [2.75, 3.05) is 0 Å². The summed E-state index contributed by atoms with van der Waals surface area (Å²) in [5, 5.41) is 9.81. The van der Waals surface area contributed by atoms with Crippen LogP contribution in [0, 0.1) is 22.9 Å². The molecule has 0 aliphatic carbocycles. The van der Waals surface area contributed by atoms with Crippen molar-refractivity contribution in [1.29, 1.82) is 0 Å². The summed E-state index contributed by atoms with van der Waals surface area (Å²) in [4.78, 5) is 9.86. The van der Waals surface area contributed by atoms with Crippen LogP contribution in [0.3, 0.4) is 0 Å². The summed E-state index contributed by atoms with van der Waals surface area (Å²) in [7, 11) is 0. The topological polar surface area (TPSA) is 56.3 Å². The Bertz CT molecular complexity index is 597. The number of aryl methyl sites for hydroxylation is 1. The summed E-state index contributed by atoms with van der Waals surface area (Å²) in [5.41, 5.74) is 1.08. The van der Waals surface area contributed by atoms with E-state index in [1.54, 1.807) is 13.0 Å². The minimum Gasteiger partial charge on any atom is -0.404 e. The zero-order valence-electron chi connectivity index (χ0n) is 9.39. The van der Waals surface area contributed by atoms with E-state index in [2.05, 4.69) is 0 Å². The highest BCUT2D eigenvalue weighted by molar-refractivity contribution is 6.22. The molecule has 18 heavy (non-hydrogen) atoms. The maximum atomic E-state index is 13.1. The van der Waals surface area contributed by atoms with E-state index in [1.807, 2.05) is 0 Å². The van der Waals surface area contributed by atoms with Crippen LogP contribution in [0.5, 0.6) is 0 Å². The third-order valence-corrected chi connectivity index (χ3v) is 2.98. The van der Waals surface area contributed by atoms with Gasteiger partial charge in [-0.3, -0.25) is 10.1 Å². The molecule has 0 fully saturated rings. The van der Waals surface area contributed by atoms with E-state index in [1.165, 1.54) is 24.3 Å². The van der Waals surface area contributed by atoms with Crippen LogP contribution in [0.15, 0.2) is 34.7 Å². The van der Waals surface area contributed by atoms with Crippen LogP contribution in [-0.4, -0.2) is 4.92 Å². The smallest absolute Gasteiger partial charge is 0.404 e. The molecular weight excluding hydrogens is 261 g/mol. The Morgan fingerprint density at radius 3 is 2.67 bits per heavy atom. The van der Waals surface area contributed by atoms with Crippen molar-refractivity contribution in [1.82, 2.24) is 0 Å². The van der Waals surface area contributed by atoms with Gasteiger partial charge in [-0.05, 0) is 30.2 Å². The molecule has 1 aromatic carbocycles. The summed E-state index contributed by atoms with van der Waals surface area (Å²) in [6.45, 7) is 1.62. The molecule has 0 amide bonds. The molecule has 0 aliphatic rings. The Morgan fingerprint density at radius 1 is 1.39 bits per heavy atom. The summed E-state index contributed by atoms with van der Waals surface area (Å²) in [6, 6.07) is 7.09. The van der Waals surface area contributed by atoms with Gasteiger partial charge in [0.1, 0.15) is 21.9 Å². The molecule has 0 radical (unpaired) electrons. The monoisotopic (exact) mass is 269 g/mol. The molecule has 1 unspecified atom stereocenters. The predicted octanol–water partition coefficient (Wildman–Crippen LogP) is 3.96. The molecule has 1 heterocycles. The summed E-state index contributed by atoms with van der Waals surface area (Å²) in [5.74, 6) is -0.433. The number of hydrogen-bond acceptors (Lipinski definition) is 3. The van der Waals surface area contributed by atoms with E-state index in [0.29, 0.717) is 11.1 Å². The van der Waals surface area contributed by atoms with Gasteiger partial charge in [0.15, 0.2) is 0 Å². The number of nitro groups is 1. The Labute approximate surface area is 107 Å². The molecule has 4 nitrogen and oxygen atoms in total. The van der Waals surface area contributed by atoms with Gasteiger partial charge in [-0.25, -0.2) is 4.39 Å². The number of nitrogens with zero attached hydrogens (tertiary/aromatic N) is 1. The lowest BCUT2D eigenvalue weighted by Crippen LogP contribution is -1.93. The fraction of sp³-hybridized carbons (Fsp3) is 0.167. The largest absolute Gasteiger partial charge is 0.433 e. The number of rotatable bonds is 3. The van der Waals surface area contributed by atoms with Crippen LogP contribution in [0.1, 0.15) is 22.3 Å². The molecule has 1 aromatic heterocycles. The highest BCUT2D eigenvalue weighted by atomic mass is 35.5. The lowest BCUT2D eigenvalue weighted by atomic mass is 10.1. The third-order valence-electron chi connectivity index (χ3n) is 2.52. The van der Waals surface area contributed by atoms with Crippen LogP contribution in [-0.2, 0) is 0 Å². The zero-order chi connectivity index (χ0) is 13.3. The molecule has 0 N–H and O–H groups in total. The lowest BCUT2D eigenvalue weighted by Gasteiger charge is -2.07. The number of furan rings is 1. The average molecular weight is 270 g/mol. The molecule has 6 heteroatoms. The Hall–Kier alpha value is -1.88. The van der Waals surface area contributed by atoms with E-state index < -0.39 is 10.3 Å². The minimum absolute atomic E-state index is 0.259. The highest BCUT2D eigenvalue weighted by Gasteiger charge is 2.19. The normalized spacial score (nSPS) is 12.4. The Morgan fingerprint density at radius 2 is 2.11 bits per heavy atom. The Balaban J connectivity index is 2.31. The molecule has 0 aliphatic heterocycles. The Kier molecular flexibility index (Phi) is 3.34. The predicted molar refractivity (Wildman–Crippen MR) is 64.2 cm³/mol. The van der Waals surface area contributed by atoms with Crippen LogP contribution < -0.4 is 0 Å². The van der Waals surface area contributed by atoms with Crippen LogP contribution in [0.25, 0.3) is 0 Å². The van der Waals surface area contributed by atoms with Crippen molar-refractivity contribution < 1.29 is 13.7 Å². The number of benzene rings is 1. The van der Waals surface area contributed by atoms with E-state index in [0.717, 1.165) is 0 Å². The standard InChI is InChI=1S/C12H9ClFNO3/c1-7-6-8(2-3-9(7)14)12(13)10-4-5-11(18-10)15(16)17/h2-6,12H,1H3. The van der Waals surface area contributed by atoms with Crippen LogP contribution >= 0.6 is 11.6 Å². The first-order valence-electron chi connectivity index (χ1n) is 5.13. The van der Waals surface area contributed by atoms with E-state index >= 15 is 0 Å². The average Bonchev–Trinajstić information content (AvgIpc) is 2.81. The van der Waals surface area contributed by atoms with Crippen molar-refractivity contribution >= 4 is 17.5 Å². The van der Waals surface area contributed by atoms with Gasteiger partial charge < -0.3 is 4.42 Å². The second-order valence-electron chi connectivity index (χ2n) is 3.80. The second-order valence-corrected chi connectivity index (χ2v) is 4.24. The first-order chi connectivity index (χ1) is 8.49. The van der Waals surface area contributed by atoms with Gasteiger partial charge in [0, 0.05) is 0 Å². The fourth-order valence-electron chi connectivity index (χ4n) is 1.57. The van der Waals surface area contributed by atoms with Crippen molar-refractivity contribution in [3.8, 4) is 0 Å². The van der Waals surface area contributed by atoms with Crippen molar-refractivity contribution in [2.45, 2.75) is 12.3 Å². The third kappa shape index (κ3) is 2.36. The van der Waals surface area contributed by atoms with E-state index in [9.17, 15) is 14.5 Å². The van der Waals surface area contributed by atoms with Crippen molar-refractivity contribution in [3.05, 3.63) is 63.2 Å². The van der Waals surface area contributed by atoms with Crippen LogP contribution in [0.2, 0.25) is 0 Å². The molecule has 2 aromatic rings. The molecule has 0 saturated carbocycles.